The van der Waals surface area contributed by atoms with Gasteiger partial charge in [-0.1, -0.05) is 17.7 Å². The van der Waals surface area contributed by atoms with Crippen LogP contribution in [0.2, 0.25) is 0 Å². The van der Waals surface area contributed by atoms with Crippen LogP contribution >= 0.6 is 0 Å². The molecule has 3 rings (SSSR count). The van der Waals surface area contributed by atoms with Gasteiger partial charge in [-0.05, 0) is 50.1 Å². The number of aryl methyl sites for hydroxylation is 2. The van der Waals surface area contributed by atoms with E-state index in [1.165, 1.54) is 0 Å². The van der Waals surface area contributed by atoms with Gasteiger partial charge in [-0.15, -0.1) is 0 Å². The summed E-state index contributed by atoms with van der Waals surface area (Å²) in [5, 5.41) is 2.91. The van der Waals surface area contributed by atoms with Crippen LogP contribution in [-0.4, -0.2) is 24.9 Å². The molecule has 0 fully saturated rings. The fourth-order valence-electron chi connectivity index (χ4n) is 2.94. The molecule has 136 valence electrons. The van der Waals surface area contributed by atoms with E-state index in [1.807, 2.05) is 32.0 Å². The normalized spacial score (nSPS) is 12.5. The van der Waals surface area contributed by atoms with Gasteiger partial charge >= 0.3 is 0 Å². The number of rotatable bonds is 6. The van der Waals surface area contributed by atoms with Crippen LogP contribution in [-0.2, 0) is 4.79 Å². The minimum atomic E-state index is -0.0769. The van der Waals surface area contributed by atoms with E-state index in [1.54, 1.807) is 18.2 Å². The number of carbonyl (C=O) groups excluding carboxylic acids is 2. The van der Waals surface area contributed by atoms with Crippen LogP contribution in [0.5, 0.6) is 11.5 Å². The maximum atomic E-state index is 12.3. The molecule has 26 heavy (non-hydrogen) atoms. The lowest BCUT2D eigenvalue weighted by atomic mass is 10.0. The highest BCUT2D eigenvalue weighted by molar-refractivity contribution is 5.97. The number of benzene rings is 2. The van der Waals surface area contributed by atoms with Gasteiger partial charge in [-0.3, -0.25) is 9.59 Å². The molecule has 5 nitrogen and oxygen atoms in total. The Kier molecular flexibility index (Phi) is 5.56. The van der Waals surface area contributed by atoms with E-state index in [4.69, 9.17) is 9.47 Å². The molecule has 0 saturated carbocycles. The van der Waals surface area contributed by atoms with E-state index < -0.39 is 0 Å². The highest BCUT2D eigenvalue weighted by Gasteiger charge is 2.15. The number of anilines is 1. The van der Waals surface area contributed by atoms with E-state index in [2.05, 4.69) is 5.32 Å². The van der Waals surface area contributed by atoms with Crippen LogP contribution in [0.15, 0.2) is 36.4 Å². The van der Waals surface area contributed by atoms with Gasteiger partial charge in [0.05, 0.1) is 0 Å². The molecule has 1 aliphatic heterocycles. The summed E-state index contributed by atoms with van der Waals surface area (Å²) in [7, 11) is 0. The van der Waals surface area contributed by atoms with E-state index in [0.29, 0.717) is 49.5 Å². The number of carbonyl (C=O) groups is 2. The first-order valence-electron chi connectivity index (χ1n) is 8.83. The summed E-state index contributed by atoms with van der Waals surface area (Å²) in [6, 6.07) is 11.1. The Morgan fingerprint density at radius 1 is 0.962 bits per heavy atom. The van der Waals surface area contributed by atoms with Crippen molar-refractivity contribution in [3.63, 3.8) is 0 Å². The lowest BCUT2D eigenvalue weighted by molar-refractivity contribution is -0.116. The Morgan fingerprint density at radius 2 is 1.73 bits per heavy atom. The first-order valence-corrected chi connectivity index (χ1v) is 8.83. The molecule has 0 radical (unpaired) electrons. The lowest BCUT2D eigenvalue weighted by Crippen LogP contribution is -2.16. The average Bonchev–Trinajstić information content (AvgIpc) is 2.63. The van der Waals surface area contributed by atoms with E-state index in [-0.39, 0.29) is 11.7 Å². The molecule has 0 saturated heterocycles. The van der Waals surface area contributed by atoms with Gasteiger partial charge in [0.2, 0.25) is 5.91 Å². The van der Waals surface area contributed by atoms with Crippen molar-refractivity contribution in [1.82, 2.24) is 0 Å². The number of amides is 1. The van der Waals surface area contributed by atoms with Crippen molar-refractivity contribution in [2.45, 2.75) is 33.1 Å². The van der Waals surface area contributed by atoms with Crippen LogP contribution in [0.4, 0.5) is 5.69 Å². The summed E-state index contributed by atoms with van der Waals surface area (Å²) in [6.45, 7) is 5.00. The average molecular weight is 353 g/mol. The van der Waals surface area contributed by atoms with Crippen LogP contribution in [0, 0.1) is 13.8 Å². The number of fused-ring (bicyclic) bond motifs is 1. The molecule has 5 heteroatoms. The van der Waals surface area contributed by atoms with Gasteiger partial charge in [0.15, 0.2) is 17.3 Å². The van der Waals surface area contributed by atoms with Crippen molar-refractivity contribution in [2.24, 2.45) is 0 Å². The molecule has 0 unspecified atom stereocenters. The number of ether oxygens (including phenoxy) is 2. The van der Waals surface area contributed by atoms with Crippen molar-refractivity contribution in [1.29, 1.82) is 0 Å². The van der Waals surface area contributed by atoms with Crippen molar-refractivity contribution in [2.75, 3.05) is 18.5 Å². The van der Waals surface area contributed by atoms with Crippen molar-refractivity contribution in [3.8, 4) is 11.5 Å². The Balaban J connectivity index is 1.49. The molecule has 0 aromatic heterocycles. The molecule has 1 N–H and O–H groups in total. The first kappa shape index (κ1) is 18.0. The van der Waals surface area contributed by atoms with Gasteiger partial charge in [0.1, 0.15) is 13.2 Å². The molecule has 1 heterocycles. The third kappa shape index (κ3) is 4.42. The smallest absolute Gasteiger partial charge is 0.224 e. The Morgan fingerprint density at radius 3 is 2.50 bits per heavy atom. The first-order chi connectivity index (χ1) is 12.5. The molecule has 2 aromatic carbocycles. The molecule has 0 atom stereocenters. The van der Waals surface area contributed by atoms with E-state index >= 15 is 0 Å². The monoisotopic (exact) mass is 353 g/mol. The van der Waals surface area contributed by atoms with Crippen molar-refractivity contribution in [3.05, 3.63) is 53.1 Å². The number of nitrogens with one attached hydrogen (secondary N) is 1. The van der Waals surface area contributed by atoms with Crippen LogP contribution in [0.1, 0.15) is 40.7 Å². The van der Waals surface area contributed by atoms with E-state index in [9.17, 15) is 9.59 Å². The quantitative estimate of drug-likeness (QED) is 0.795. The number of hydrogen-bond acceptors (Lipinski definition) is 4. The van der Waals surface area contributed by atoms with Crippen LogP contribution < -0.4 is 14.8 Å². The maximum absolute atomic E-state index is 12.3. The summed E-state index contributed by atoms with van der Waals surface area (Å²) < 4.78 is 11.0. The maximum Gasteiger partial charge on any atom is 0.224 e. The molecule has 1 aliphatic rings. The Hall–Kier alpha value is -2.82. The predicted molar refractivity (Wildman–Crippen MR) is 100 cm³/mol. The van der Waals surface area contributed by atoms with Gasteiger partial charge < -0.3 is 14.8 Å². The highest BCUT2D eigenvalue weighted by atomic mass is 16.6. The van der Waals surface area contributed by atoms with Crippen LogP contribution in [0.3, 0.4) is 0 Å². The number of hydrogen-bond donors (Lipinski definition) is 1. The lowest BCUT2D eigenvalue weighted by Gasteiger charge is -2.18. The fraction of sp³-hybridized carbons (Fsp3) is 0.333. The standard InChI is InChI=1S/C21H23NO4/c1-14-6-8-17(15(2)12-14)22-21(24)5-3-4-18(23)16-7-9-19-20(13-16)26-11-10-25-19/h6-9,12-13H,3-5,10-11H2,1-2H3,(H,22,24). The van der Waals surface area contributed by atoms with Gasteiger partial charge in [0, 0.05) is 24.1 Å². The molecule has 0 bridgehead atoms. The third-order valence-electron chi connectivity index (χ3n) is 4.33. The zero-order valence-electron chi connectivity index (χ0n) is 15.1. The zero-order valence-corrected chi connectivity index (χ0v) is 15.1. The van der Waals surface area contributed by atoms with Crippen molar-refractivity contribution >= 4 is 17.4 Å². The summed E-state index contributed by atoms with van der Waals surface area (Å²) in [6.07, 6.45) is 1.13. The topological polar surface area (TPSA) is 64.6 Å². The summed E-state index contributed by atoms with van der Waals surface area (Å²) in [5.74, 6) is 1.20. The molecule has 0 spiro atoms. The molecule has 1 amide bonds. The number of Topliss-reactive ketones (excluding diaryl/α,β-unsaturated/α-hetero) is 1. The molecular formula is C21H23NO4. The largest absolute Gasteiger partial charge is 0.486 e. The second-order valence-corrected chi connectivity index (χ2v) is 6.50. The summed E-state index contributed by atoms with van der Waals surface area (Å²) in [4.78, 5) is 24.4. The van der Waals surface area contributed by atoms with E-state index in [0.717, 1.165) is 16.8 Å². The predicted octanol–water partition coefficient (Wildman–Crippen LogP) is 4.07. The van der Waals surface area contributed by atoms with Gasteiger partial charge in [-0.25, -0.2) is 0 Å². The molecule has 0 aliphatic carbocycles. The summed E-state index contributed by atoms with van der Waals surface area (Å²) >= 11 is 0. The highest BCUT2D eigenvalue weighted by Crippen LogP contribution is 2.31. The Labute approximate surface area is 153 Å². The van der Waals surface area contributed by atoms with Gasteiger partial charge in [-0.2, -0.15) is 0 Å². The molecular weight excluding hydrogens is 330 g/mol. The second-order valence-electron chi connectivity index (χ2n) is 6.50. The zero-order chi connectivity index (χ0) is 18.5. The van der Waals surface area contributed by atoms with Crippen LogP contribution in [0.25, 0.3) is 0 Å². The minimum Gasteiger partial charge on any atom is -0.486 e. The Bertz CT molecular complexity index is 829. The molecule has 2 aromatic rings. The fourth-order valence-corrected chi connectivity index (χ4v) is 2.94. The van der Waals surface area contributed by atoms with Crippen molar-refractivity contribution < 1.29 is 19.1 Å². The second kappa shape index (κ2) is 8.04. The summed E-state index contributed by atoms with van der Waals surface area (Å²) in [5.41, 5.74) is 3.60. The number of ketones is 1. The van der Waals surface area contributed by atoms with Gasteiger partial charge in [0.25, 0.3) is 0 Å². The third-order valence-corrected chi connectivity index (χ3v) is 4.33. The minimum absolute atomic E-state index is 0.00119. The SMILES string of the molecule is Cc1ccc(NC(=O)CCCC(=O)c2ccc3c(c2)OCCO3)c(C)c1.